The summed E-state index contributed by atoms with van der Waals surface area (Å²) < 4.78 is 18.7. The smallest absolute Gasteiger partial charge is 0.315 e. The van der Waals surface area contributed by atoms with Gasteiger partial charge in [-0.15, -0.1) is 0 Å². The SMILES string of the molecule is O=C(O)CCNC(=O)NC1(Cc2cccc(F)c2)CCOCC1. The highest BCUT2D eigenvalue weighted by Gasteiger charge is 2.34. The van der Waals surface area contributed by atoms with Crippen LogP contribution in [0.1, 0.15) is 24.8 Å². The molecule has 0 atom stereocenters. The summed E-state index contributed by atoms with van der Waals surface area (Å²) in [7, 11) is 0. The monoisotopic (exact) mass is 324 g/mol. The summed E-state index contributed by atoms with van der Waals surface area (Å²) in [6, 6.07) is 5.90. The molecule has 3 N–H and O–H groups in total. The van der Waals surface area contributed by atoms with E-state index >= 15 is 0 Å². The summed E-state index contributed by atoms with van der Waals surface area (Å²) in [5.74, 6) is -1.28. The third-order valence-corrected chi connectivity index (χ3v) is 3.88. The van der Waals surface area contributed by atoms with E-state index in [1.165, 1.54) is 12.1 Å². The van der Waals surface area contributed by atoms with Gasteiger partial charge in [0.15, 0.2) is 0 Å². The number of nitrogens with one attached hydrogen (secondary N) is 2. The van der Waals surface area contributed by atoms with Crippen LogP contribution < -0.4 is 10.6 Å². The highest BCUT2D eigenvalue weighted by Crippen LogP contribution is 2.25. The van der Waals surface area contributed by atoms with Gasteiger partial charge in [-0.1, -0.05) is 12.1 Å². The number of rotatable bonds is 6. The summed E-state index contributed by atoms with van der Waals surface area (Å²) >= 11 is 0. The van der Waals surface area contributed by atoms with Crippen LogP contribution in [-0.2, 0) is 16.0 Å². The molecule has 1 fully saturated rings. The number of aliphatic carboxylic acids is 1. The molecule has 1 aromatic carbocycles. The predicted molar refractivity (Wildman–Crippen MR) is 81.7 cm³/mol. The van der Waals surface area contributed by atoms with Gasteiger partial charge in [-0.25, -0.2) is 9.18 Å². The van der Waals surface area contributed by atoms with Crippen molar-refractivity contribution in [2.75, 3.05) is 19.8 Å². The maximum atomic E-state index is 13.4. The maximum absolute atomic E-state index is 13.4. The van der Waals surface area contributed by atoms with Gasteiger partial charge in [-0.2, -0.15) is 0 Å². The van der Waals surface area contributed by atoms with E-state index in [-0.39, 0.29) is 18.8 Å². The van der Waals surface area contributed by atoms with Crippen LogP contribution in [0.4, 0.5) is 9.18 Å². The molecule has 0 aliphatic carbocycles. The number of benzene rings is 1. The van der Waals surface area contributed by atoms with Crippen LogP contribution in [0, 0.1) is 5.82 Å². The minimum absolute atomic E-state index is 0.0632. The second kappa shape index (κ2) is 7.92. The summed E-state index contributed by atoms with van der Waals surface area (Å²) in [6.07, 6.45) is 1.61. The van der Waals surface area contributed by atoms with Gasteiger partial charge in [-0.3, -0.25) is 4.79 Å². The molecule has 126 valence electrons. The maximum Gasteiger partial charge on any atom is 0.315 e. The third kappa shape index (κ3) is 5.52. The van der Waals surface area contributed by atoms with E-state index in [2.05, 4.69) is 10.6 Å². The Morgan fingerprint density at radius 1 is 1.30 bits per heavy atom. The van der Waals surface area contributed by atoms with Gasteiger partial charge in [0, 0.05) is 19.8 Å². The fourth-order valence-electron chi connectivity index (χ4n) is 2.71. The highest BCUT2D eigenvalue weighted by molar-refractivity contribution is 5.75. The Hall–Kier alpha value is -2.15. The van der Waals surface area contributed by atoms with Gasteiger partial charge in [0.05, 0.1) is 12.0 Å². The fraction of sp³-hybridized carbons (Fsp3) is 0.500. The van der Waals surface area contributed by atoms with Crippen molar-refractivity contribution in [2.24, 2.45) is 0 Å². The van der Waals surface area contributed by atoms with E-state index in [1.54, 1.807) is 6.07 Å². The van der Waals surface area contributed by atoms with E-state index in [9.17, 15) is 14.0 Å². The molecule has 0 radical (unpaired) electrons. The highest BCUT2D eigenvalue weighted by atomic mass is 19.1. The lowest BCUT2D eigenvalue weighted by atomic mass is 9.83. The summed E-state index contributed by atoms with van der Waals surface area (Å²) in [5.41, 5.74) is 0.289. The quantitative estimate of drug-likeness (QED) is 0.743. The Labute approximate surface area is 134 Å². The molecule has 0 saturated carbocycles. The van der Waals surface area contributed by atoms with Crippen molar-refractivity contribution in [2.45, 2.75) is 31.2 Å². The molecule has 1 aliphatic heterocycles. The number of ether oxygens (including phenoxy) is 1. The Morgan fingerprint density at radius 2 is 2.04 bits per heavy atom. The first-order chi connectivity index (χ1) is 11.0. The van der Waals surface area contributed by atoms with Crippen molar-refractivity contribution in [1.29, 1.82) is 0 Å². The lowest BCUT2D eigenvalue weighted by molar-refractivity contribution is -0.136. The molecule has 0 unspecified atom stereocenters. The van der Waals surface area contributed by atoms with Crippen molar-refractivity contribution >= 4 is 12.0 Å². The Balaban J connectivity index is 2.00. The van der Waals surface area contributed by atoms with E-state index < -0.39 is 17.5 Å². The van der Waals surface area contributed by atoms with E-state index in [0.717, 1.165) is 5.56 Å². The molecule has 6 nitrogen and oxygen atoms in total. The second-order valence-electron chi connectivity index (χ2n) is 5.72. The minimum Gasteiger partial charge on any atom is -0.481 e. The number of carbonyl (C=O) groups is 2. The van der Waals surface area contributed by atoms with Crippen molar-refractivity contribution in [3.63, 3.8) is 0 Å². The number of hydrogen-bond acceptors (Lipinski definition) is 3. The van der Waals surface area contributed by atoms with Crippen LogP contribution in [0.2, 0.25) is 0 Å². The van der Waals surface area contributed by atoms with Crippen LogP contribution >= 0.6 is 0 Å². The molecular formula is C16H21FN2O4. The number of hydrogen-bond donors (Lipinski definition) is 3. The summed E-state index contributed by atoms with van der Waals surface area (Å²) in [4.78, 5) is 22.5. The number of amides is 2. The Kier molecular flexibility index (Phi) is 5.92. The van der Waals surface area contributed by atoms with Crippen LogP contribution in [0.25, 0.3) is 0 Å². The standard InChI is InChI=1S/C16H21FN2O4/c17-13-3-1-2-12(10-13)11-16(5-8-23-9-6-16)19-15(22)18-7-4-14(20)21/h1-3,10H,4-9,11H2,(H,20,21)(H2,18,19,22). The number of urea groups is 1. The predicted octanol–water partition coefficient (Wildman–Crippen LogP) is 1.69. The zero-order valence-electron chi connectivity index (χ0n) is 12.8. The van der Waals surface area contributed by atoms with Gasteiger partial charge in [0.2, 0.25) is 0 Å². The number of carbonyl (C=O) groups excluding carboxylic acids is 1. The largest absolute Gasteiger partial charge is 0.481 e. The number of carboxylic acid groups (broad SMARTS) is 1. The van der Waals surface area contributed by atoms with Gasteiger partial charge in [0.1, 0.15) is 5.82 Å². The first-order valence-corrected chi connectivity index (χ1v) is 7.59. The lowest BCUT2D eigenvalue weighted by Crippen LogP contribution is -2.56. The molecule has 0 spiro atoms. The van der Waals surface area contributed by atoms with Crippen molar-refractivity contribution in [3.05, 3.63) is 35.6 Å². The van der Waals surface area contributed by atoms with Crippen LogP contribution in [0.15, 0.2) is 24.3 Å². The Bertz CT molecular complexity index is 559. The average molecular weight is 324 g/mol. The van der Waals surface area contributed by atoms with Gasteiger partial charge in [0.25, 0.3) is 0 Å². The van der Waals surface area contributed by atoms with Gasteiger partial charge in [-0.05, 0) is 37.0 Å². The molecule has 23 heavy (non-hydrogen) atoms. The lowest BCUT2D eigenvalue weighted by Gasteiger charge is -2.38. The summed E-state index contributed by atoms with van der Waals surface area (Å²) in [5, 5.41) is 14.1. The molecule has 2 amide bonds. The molecule has 1 aliphatic rings. The fourth-order valence-corrected chi connectivity index (χ4v) is 2.71. The van der Waals surface area contributed by atoms with Crippen LogP contribution in [-0.4, -0.2) is 42.4 Å². The molecule has 1 saturated heterocycles. The van der Waals surface area contributed by atoms with Crippen molar-refractivity contribution in [3.8, 4) is 0 Å². The van der Waals surface area contributed by atoms with Crippen LogP contribution in [0.5, 0.6) is 0 Å². The average Bonchev–Trinajstić information content (AvgIpc) is 2.47. The topological polar surface area (TPSA) is 87.7 Å². The van der Waals surface area contributed by atoms with Crippen molar-refractivity contribution < 1.29 is 23.8 Å². The second-order valence-corrected chi connectivity index (χ2v) is 5.72. The number of halogens is 1. The van der Waals surface area contributed by atoms with E-state index in [4.69, 9.17) is 9.84 Å². The van der Waals surface area contributed by atoms with Gasteiger partial charge < -0.3 is 20.5 Å². The zero-order valence-corrected chi connectivity index (χ0v) is 12.8. The van der Waals surface area contributed by atoms with Gasteiger partial charge >= 0.3 is 12.0 Å². The zero-order chi connectivity index (χ0) is 16.7. The van der Waals surface area contributed by atoms with Crippen LogP contribution in [0.3, 0.4) is 0 Å². The molecule has 0 bridgehead atoms. The first-order valence-electron chi connectivity index (χ1n) is 7.59. The molecule has 1 heterocycles. The normalized spacial score (nSPS) is 16.6. The third-order valence-electron chi connectivity index (χ3n) is 3.88. The van der Waals surface area contributed by atoms with E-state index in [1.807, 2.05) is 6.07 Å². The minimum atomic E-state index is -0.967. The summed E-state index contributed by atoms with van der Waals surface area (Å²) in [6.45, 7) is 1.10. The first kappa shape index (κ1) is 17.2. The molecule has 2 rings (SSSR count). The molecular weight excluding hydrogens is 303 g/mol. The van der Waals surface area contributed by atoms with E-state index in [0.29, 0.717) is 32.5 Å². The molecule has 7 heteroatoms. The molecule has 1 aromatic rings. The number of carboxylic acids is 1. The van der Waals surface area contributed by atoms with Crippen molar-refractivity contribution in [1.82, 2.24) is 10.6 Å². The Morgan fingerprint density at radius 3 is 2.70 bits per heavy atom. The molecule has 0 aromatic heterocycles.